The van der Waals surface area contributed by atoms with Gasteiger partial charge in [0.25, 0.3) is 5.91 Å². The number of ether oxygens (including phenoxy) is 1. The number of likely N-dealkylation sites (tertiary alicyclic amines) is 1. The zero-order valence-corrected chi connectivity index (χ0v) is 18.4. The molecule has 11 heteroatoms. The Morgan fingerprint density at radius 3 is 2.67 bits per heavy atom. The van der Waals surface area contributed by atoms with Gasteiger partial charge in [-0.15, -0.1) is 0 Å². The molecule has 3 fully saturated rings. The molecule has 3 saturated heterocycles. The van der Waals surface area contributed by atoms with Crippen LogP contribution in [0.5, 0.6) is 0 Å². The van der Waals surface area contributed by atoms with Crippen LogP contribution in [0.1, 0.15) is 28.2 Å². The highest BCUT2D eigenvalue weighted by Gasteiger charge is 2.52. The van der Waals surface area contributed by atoms with Crippen LogP contribution in [0.3, 0.4) is 0 Å². The molecule has 0 aliphatic carbocycles. The third kappa shape index (κ3) is 4.01. The van der Waals surface area contributed by atoms with Gasteiger partial charge in [0, 0.05) is 56.8 Å². The summed E-state index contributed by atoms with van der Waals surface area (Å²) in [5.74, 6) is 0.438. The Bertz CT molecular complexity index is 897. The molecule has 168 valence electrons. The van der Waals surface area contributed by atoms with E-state index in [1.165, 1.54) is 10.6 Å². The first-order valence-electron chi connectivity index (χ1n) is 10.3. The van der Waals surface area contributed by atoms with E-state index in [0.29, 0.717) is 57.3 Å². The fraction of sp³-hybridized carbons (Fsp3) is 0.789. The highest BCUT2D eigenvalue weighted by atomic mass is 32.2. The van der Waals surface area contributed by atoms with Crippen molar-refractivity contribution in [3.8, 4) is 0 Å². The number of rotatable bonds is 5. The molecule has 3 aliphatic rings. The van der Waals surface area contributed by atoms with Crippen LogP contribution in [-0.4, -0.2) is 104 Å². The lowest BCUT2D eigenvalue weighted by molar-refractivity contribution is 0.0122. The van der Waals surface area contributed by atoms with E-state index in [0.717, 1.165) is 18.7 Å². The van der Waals surface area contributed by atoms with E-state index in [1.807, 2.05) is 6.92 Å². The van der Waals surface area contributed by atoms with Crippen molar-refractivity contribution in [1.82, 2.24) is 19.3 Å². The van der Waals surface area contributed by atoms with Gasteiger partial charge in [-0.25, -0.2) is 12.7 Å². The summed E-state index contributed by atoms with van der Waals surface area (Å²) < 4.78 is 36.2. The lowest BCUT2D eigenvalue weighted by Gasteiger charge is -2.43. The van der Waals surface area contributed by atoms with Gasteiger partial charge >= 0.3 is 0 Å². The van der Waals surface area contributed by atoms with Gasteiger partial charge in [0.15, 0.2) is 5.69 Å². The molecule has 1 amide bonds. The zero-order valence-electron chi connectivity index (χ0n) is 17.5. The Morgan fingerprint density at radius 1 is 1.27 bits per heavy atom. The standard InChI is InChI=1S/C19H30N4O6S/c1-14-16(10-21-5-7-28-8-6-21)17(20-29-14)18(25)22-4-3-15-9-23(30(2,26)27)12-19(15,11-22)13-24/h15,24H,3-13H2,1-2H3/t15-,19+/m1/s1. The fourth-order valence-electron chi connectivity index (χ4n) is 4.86. The van der Waals surface area contributed by atoms with Crippen LogP contribution in [0.4, 0.5) is 0 Å². The number of carbonyl (C=O) groups is 1. The summed E-state index contributed by atoms with van der Waals surface area (Å²) in [7, 11) is -3.34. The molecule has 0 saturated carbocycles. The minimum absolute atomic E-state index is 0.0353. The number of nitrogens with zero attached hydrogens (tertiary/aromatic N) is 4. The number of piperidine rings is 1. The molecule has 0 radical (unpaired) electrons. The molecule has 1 N–H and O–H groups in total. The summed E-state index contributed by atoms with van der Waals surface area (Å²) in [6.45, 7) is 6.57. The maximum absolute atomic E-state index is 13.3. The van der Waals surface area contributed by atoms with E-state index in [4.69, 9.17) is 9.26 Å². The number of morpholine rings is 1. The highest BCUT2D eigenvalue weighted by Crippen LogP contribution is 2.43. The molecule has 3 aliphatic heterocycles. The number of aliphatic hydroxyl groups is 1. The number of aryl methyl sites for hydroxylation is 1. The van der Waals surface area contributed by atoms with E-state index < -0.39 is 15.4 Å². The second-order valence-electron chi connectivity index (χ2n) is 8.74. The molecule has 4 rings (SSSR count). The topological polar surface area (TPSA) is 116 Å². The highest BCUT2D eigenvalue weighted by molar-refractivity contribution is 7.88. The van der Waals surface area contributed by atoms with Gasteiger partial charge in [0.05, 0.1) is 26.1 Å². The summed E-state index contributed by atoms with van der Waals surface area (Å²) in [4.78, 5) is 17.3. The summed E-state index contributed by atoms with van der Waals surface area (Å²) in [5.41, 5.74) is 0.454. The Balaban J connectivity index is 1.52. The molecule has 0 bridgehead atoms. The first-order chi connectivity index (χ1) is 14.2. The number of aromatic nitrogens is 1. The maximum atomic E-state index is 13.3. The van der Waals surface area contributed by atoms with Crippen LogP contribution in [0.25, 0.3) is 0 Å². The van der Waals surface area contributed by atoms with Gasteiger partial charge in [-0.1, -0.05) is 5.16 Å². The Labute approximate surface area is 176 Å². The van der Waals surface area contributed by atoms with E-state index in [9.17, 15) is 18.3 Å². The minimum atomic E-state index is -3.34. The quantitative estimate of drug-likeness (QED) is 0.651. The van der Waals surface area contributed by atoms with Crippen molar-refractivity contribution in [1.29, 1.82) is 0 Å². The van der Waals surface area contributed by atoms with Crippen LogP contribution in [0, 0.1) is 18.3 Å². The SMILES string of the molecule is Cc1onc(C(=O)N2CC[C@@H]3CN(S(C)(=O)=O)C[C@]3(CO)C2)c1CN1CCOCC1. The second kappa shape index (κ2) is 8.19. The predicted octanol–water partition coefficient (Wildman–Crippen LogP) is -0.469. The molecule has 1 aromatic heterocycles. The lowest BCUT2D eigenvalue weighted by Crippen LogP contribution is -2.53. The van der Waals surface area contributed by atoms with Crippen LogP contribution in [0.2, 0.25) is 0 Å². The van der Waals surface area contributed by atoms with E-state index >= 15 is 0 Å². The first-order valence-corrected chi connectivity index (χ1v) is 12.2. The second-order valence-corrected chi connectivity index (χ2v) is 10.7. The Hall–Kier alpha value is -1.53. The van der Waals surface area contributed by atoms with Gasteiger partial charge in [-0.3, -0.25) is 9.69 Å². The average Bonchev–Trinajstić information content (AvgIpc) is 3.29. The molecule has 4 heterocycles. The number of sulfonamides is 1. The number of hydrogen-bond acceptors (Lipinski definition) is 8. The monoisotopic (exact) mass is 442 g/mol. The van der Waals surface area contributed by atoms with Gasteiger partial charge < -0.3 is 19.3 Å². The normalized spacial score (nSPS) is 28.6. The molecular formula is C19H30N4O6S. The summed E-state index contributed by atoms with van der Waals surface area (Å²) in [6, 6.07) is 0. The number of amides is 1. The molecule has 30 heavy (non-hydrogen) atoms. The molecule has 0 aromatic carbocycles. The fourth-order valence-corrected chi connectivity index (χ4v) is 5.81. The molecule has 0 spiro atoms. The number of fused-ring (bicyclic) bond motifs is 1. The van der Waals surface area contributed by atoms with E-state index in [2.05, 4.69) is 10.1 Å². The summed E-state index contributed by atoms with van der Waals surface area (Å²) >= 11 is 0. The van der Waals surface area contributed by atoms with Crippen LogP contribution in [-0.2, 0) is 21.3 Å². The van der Waals surface area contributed by atoms with Gasteiger partial charge in [-0.2, -0.15) is 0 Å². The minimum Gasteiger partial charge on any atom is -0.396 e. The molecular weight excluding hydrogens is 412 g/mol. The van der Waals surface area contributed by atoms with Crippen molar-refractivity contribution in [2.75, 3.05) is 65.3 Å². The third-order valence-electron chi connectivity index (χ3n) is 6.78. The molecule has 0 unspecified atom stereocenters. The Morgan fingerprint density at radius 2 is 2.00 bits per heavy atom. The number of aliphatic hydroxyl groups excluding tert-OH is 1. The third-order valence-corrected chi connectivity index (χ3v) is 7.99. The van der Waals surface area contributed by atoms with Crippen molar-refractivity contribution in [3.05, 3.63) is 17.0 Å². The molecule has 2 atom stereocenters. The van der Waals surface area contributed by atoms with Crippen molar-refractivity contribution >= 4 is 15.9 Å². The number of carbonyl (C=O) groups excluding carboxylic acids is 1. The predicted molar refractivity (Wildman–Crippen MR) is 107 cm³/mol. The van der Waals surface area contributed by atoms with Crippen molar-refractivity contribution < 1.29 is 27.6 Å². The zero-order chi connectivity index (χ0) is 21.5. The Kier molecular flexibility index (Phi) is 5.92. The summed E-state index contributed by atoms with van der Waals surface area (Å²) in [6.07, 6.45) is 1.84. The van der Waals surface area contributed by atoms with Gasteiger partial charge in [-0.05, 0) is 19.3 Å². The lowest BCUT2D eigenvalue weighted by atomic mass is 9.74. The molecule has 1 aromatic rings. The van der Waals surface area contributed by atoms with Crippen LogP contribution >= 0.6 is 0 Å². The first kappa shape index (κ1) is 21.7. The van der Waals surface area contributed by atoms with Gasteiger partial charge in [0.2, 0.25) is 10.0 Å². The van der Waals surface area contributed by atoms with E-state index in [-0.39, 0.29) is 25.0 Å². The average molecular weight is 443 g/mol. The summed E-state index contributed by atoms with van der Waals surface area (Å²) in [5, 5.41) is 14.2. The van der Waals surface area contributed by atoms with Crippen molar-refractivity contribution in [3.63, 3.8) is 0 Å². The molecule has 10 nitrogen and oxygen atoms in total. The number of hydrogen-bond donors (Lipinski definition) is 1. The van der Waals surface area contributed by atoms with Crippen molar-refractivity contribution in [2.45, 2.75) is 19.9 Å². The smallest absolute Gasteiger partial charge is 0.276 e. The maximum Gasteiger partial charge on any atom is 0.276 e. The largest absolute Gasteiger partial charge is 0.396 e. The van der Waals surface area contributed by atoms with Crippen LogP contribution in [0.15, 0.2) is 4.52 Å². The van der Waals surface area contributed by atoms with Gasteiger partial charge in [0.1, 0.15) is 5.76 Å². The van der Waals surface area contributed by atoms with Crippen LogP contribution < -0.4 is 0 Å². The van der Waals surface area contributed by atoms with Crippen molar-refractivity contribution in [2.24, 2.45) is 11.3 Å². The van der Waals surface area contributed by atoms with E-state index in [1.54, 1.807) is 4.90 Å².